The van der Waals surface area contributed by atoms with Gasteiger partial charge in [0.15, 0.2) is 0 Å². The van der Waals surface area contributed by atoms with Crippen molar-refractivity contribution in [2.24, 2.45) is 5.10 Å². The van der Waals surface area contributed by atoms with Crippen LogP contribution in [0.1, 0.15) is 18.4 Å². The molecule has 1 N–H and O–H groups in total. The third-order valence-electron chi connectivity index (χ3n) is 4.36. The average Bonchev–Trinajstić information content (AvgIpc) is 2.80. The van der Waals surface area contributed by atoms with E-state index in [0.29, 0.717) is 0 Å². The van der Waals surface area contributed by atoms with Crippen molar-refractivity contribution < 1.29 is 9.59 Å². The van der Waals surface area contributed by atoms with Gasteiger partial charge in [-0.05, 0) is 48.2 Å². The van der Waals surface area contributed by atoms with E-state index in [-0.39, 0.29) is 24.7 Å². The summed E-state index contributed by atoms with van der Waals surface area (Å²) in [5, 5.41) is 3.98. The number of hydrogen-bond donors (Lipinski definition) is 1. The number of anilines is 2. The largest absolute Gasteiger partial charge is 0.281 e. The molecule has 0 radical (unpaired) electrons. The number of carbonyl (C=O) groups excluding carboxylic acids is 2. The van der Waals surface area contributed by atoms with Crippen molar-refractivity contribution in [3.63, 3.8) is 0 Å². The van der Waals surface area contributed by atoms with Gasteiger partial charge >= 0.3 is 0 Å². The standard InChI is InChI=1S/C24H23N3O2S/c1-30-22-14-12-19(13-15-22)18-25-26-23(28)16-17-24(29)27(20-8-4-2-5-9-20)21-10-6-3-7-11-21/h2-15,18H,16-17H2,1H3,(H,26,28)/b25-18-. The summed E-state index contributed by atoms with van der Waals surface area (Å²) >= 11 is 1.66. The molecule has 0 bridgehead atoms. The van der Waals surface area contributed by atoms with Gasteiger partial charge in [0.1, 0.15) is 0 Å². The minimum Gasteiger partial charge on any atom is -0.281 e. The monoisotopic (exact) mass is 417 g/mol. The lowest BCUT2D eigenvalue weighted by atomic mass is 10.2. The molecule has 6 heteroatoms. The zero-order valence-electron chi connectivity index (χ0n) is 16.7. The van der Waals surface area contributed by atoms with E-state index < -0.39 is 0 Å². The van der Waals surface area contributed by atoms with Crippen molar-refractivity contribution >= 4 is 41.2 Å². The summed E-state index contributed by atoms with van der Waals surface area (Å²) in [6, 6.07) is 26.7. The van der Waals surface area contributed by atoms with Gasteiger partial charge in [-0.25, -0.2) is 5.43 Å². The Hall–Kier alpha value is -3.38. The van der Waals surface area contributed by atoms with Gasteiger partial charge in [-0.15, -0.1) is 11.8 Å². The van der Waals surface area contributed by atoms with Crippen LogP contribution in [0, 0.1) is 0 Å². The Morgan fingerprint density at radius 3 is 1.97 bits per heavy atom. The Morgan fingerprint density at radius 1 is 0.867 bits per heavy atom. The number of amides is 2. The quantitative estimate of drug-likeness (QED) is 0.319. The van der Waals surface area contributed by atoms with Gasteiger partial charge in [0.05, 0.1) is 6.21 Å². The summed E-state index contributed by atoms with van der Waals surface area (Å²) in [7, 11) is 0. The van der Waals surface area contributed by atoms with E-state index in [1.807, 2.05) is 91.2 Å². The second-order valence-corrected chi connectivity index (χ2v) is 7.35. The van der Waals surface area contributed by atoms with Crippen molar-refractivity contribution in [1.29, 1.82) is 0 Å². The van der Waals surface area contributed by atoms with E-state index in [0.717, 1.165) is 21.8 Å². The number of para-hydroxylation sites is 2. The molecule has 30 heavy (non-hydrogen) atoms. The second kappa shape index (κ2) is 11.0. The number of nitrogens with one attached hydrogen (secondary N) is 1. The van der Waals surface area contributed by atoms with E-state index in [4.69, 9.17) is 0 Å². The first-order valence-electron chi connectivity index (χ1n) is 9.56. The highest BCUT2D eigenvalue weighted by atomic mass is 32.2. The number of carbonyl (C=O) groups is 2. The molecule has 3 aromatic rings. The molecule has 0 atom stereocenters. The number of nitrogens with zero attached hydrogens (tertiary/aromatic N) is 2. The lowest BCUT2D eigenvalue weighted by Gasteiger charge is -2.23. The van der Waals surface area contributed by atoms with Crippen LogP contribution in [-0.4, -0.2) is 24.3 Å². The van der Waals surface area contributed by atoms with Crippen molar-refractivity contribution in [1.82, 2.24) is 5.43 Å². The van der Waals surface area contributed by atoms with Crippen LogP contribution in [0.5, 0.6) is 0 Å². The Balaban J connectivity index is 1.58. The number of benzene rings is 3. The Labute approximate surface area is 180 Å². The first kappa shape index (κ1) is 21.3. The molecule has 2 amide bonds. The Morgan fingerprint density at radius 2 is 1.43 bits per heavy atom. The van der Waals surface area contributed by atoms with Crippen LogP contribution in [-0.2, 0) is 9.59 Å². The second-order valence-electron chi connectivity index (χ2n) is 6.47. The number of rotatable bonds is 8. The highest BCUT2D eigenvalue weighted by Crippen LogP contribution is 2.26. The number of hydrazone groups is 1. The van der Waals surface area contributed by atoms with Gasteiger partial charge < -0.3 is 0 Å². The van der Waals surface area contributed by atoms with Gasteiger partial charge in [0.2, 0.25) is 11.8 Å². The third kappa shape index (κ3) is 6.06. The zero-order chi connectivity index (χ0) is 21.2. The average molecular weight is 418 g/mol. The van der Waals surface area contributed by atoms with Crippen LogP contribution in [0.2, 0.25) is 0 Å². The van der Waals surface area contributed by atoms with Crippen molar-refractivity contribution in [2.45, 2.75) is 17.7 Å². The maximum atomic E-state index is 12.9. The fourth-order valence-electron chi connectivity index (χ4n) is 2.85. The molecule has 0 aliphatic carbocycles. The van der Waals surface area contributed by atoms with Crippen molar-refractivity contribution in [3.8, 4) is 0 Å². The maximum Gasteiger partial charge on any atom is 0.240 e. The minimum absolute atomic E-state index is 0.0533. The van der Waals surface area contributed by atoms with Gasteiger partial charge in [-0.2, -0.15) is 5.10 Å². The van der Waals surface area contributed by atoms with Crippen LogP contribution >= 0.6 is 11.8 Å². The zero-order valence-corrected chi connectivity index (χ0v) is 17.5. The molecular formula is C24H23N3O2S. The predicted octanol–water partition coefficient (Wildman–Crippen LogP) is 5.00. The summed E-state index contributed by atoms with van der Waals surface area (Å²) in [6.45, 7) is 0. The molecule has 3 aromatic carbocycles. The molecule has 0 saturated heterocycles. The predicted molar refractivity (Wildman–Crippen MR) is 123 cm³/mol. The van der Waals surface area contributed by atoms with Gasteiger partial charge in [-0.3, -0.25) is 14.5 Å². The van der Waals surface area contributed by atoms with Crippen LogP contribution < -0.4 is 10.3 Å². The molecule has 0 aliphatic heterocycles. The van der Waals surface area contributed by atoms with E-state index >= 15 is 0 Å². The molecule has 0 saturated carbocycles. The highest BCUT2D eigenvalue weighted by molar-refractivity contribution is 7.98. The molecule has 3 rings (SSSR count). The van der Waals surface area contributed by atoms with Crippen LogP contribution in [0.15, 0.2) is 94.9 Å². The third-order valence-corrected chi connectivity index (χ3v) is 5.11. The molecule has 0 spiro atoms. The summed E-state index contributed by atoms with van der Waals surface area (Å²) < 4.78 is 0. The van der Waals surface area contributed by atoms with Crippen LogP contribution in [0.4, 0.5) is 11.4 Å². The van der Waals surface area contributed by atoms with Crippen molar-refractivity contribution in [2.75, 3.05) is 11.2 Å². The van der Waals surface area contributed by atoms with E-state index in [2.05, 4.69) is 10.5 Å². The SMILES string of the molecule is CSc1ccc(/C=N\NC(=O)CCC(=O)N(c2ccccc2)c2ccccc2)cc1. The van der Waals surface area contributed by atoms with Gasteiger partial charge in [-0.1, -0.05) is 48.5 Å². The number of hydrogen-bond acceptors (Lipinski definition) is 4. The molecule has 152 valence electrons. The van der Waals surface area contributed by atoms with Crippen molar-refractivity contribution in [3.05, 3.63) is 90.5 Å². The first-order valence-corrected chi connectivity index (χ1v) is 10.8. The minimum atomic E-state index is -0.304. The summed E-state index contributed by atoms with van der Waals surface area (Å²) in [5.41, 5.74) is 4.91. The van der Waals surface area contributed by atoms with Gasteiger partial charge in [0.25, 0.3) is 0 Å². The lowest BCUT2D eigenvalue weighted by molar-refractivity contribution is -0.124. The maximum absolute atomic E-state index is 12.9. The van der Waals surface area contributed by atoms with E-state index in [1.165, 1.54) is 0 Å². The fraction of sp³-hybridized carbons (Fsp3) is 0.125. The smallest absolute Gasteiger partial charge is 0.240 e. The molecular weight excluding hydrogens is 394 g/mol. The summed E-state index contributed by atoms with van der Waals surface area (Å²) in [5.74, 6) is -0.458. The van der Waals surface area contributed by atoms with Gasteiger partial charge in [0, 0.05) is 29.1 Å². The Kier molecular flexibility index (Phi) is 7.80. The molecule has 5 nitrogen and oxygen atoms in total. The Bertz CT molecular complexity index is 950. The summed E-state index contributed by atoms with van der Waals surface area (Å²) in [4.78, 5) is 27.8. The fourth-order valence-corrected chi connectivity index (χ4v) is 3.26. The van der Waals surface area contributed by atoms with Crippen LogP contribution in [0.3, 0.4) is 0 Å². The molecule has 0 heterocycles. The van der Waals surface area contributed by atoms with E-state index in [9.17, 15) is 9.59 Å². The van der Waals surface area contributed by atoms with E-state index in [1.54, 1.807) is 22.9 Å². The molecule has 0 aliphatic rings. The molecule has 0 aromatic heterocycles. The highest BCUT2D eigenvalue weighted by Gasteiger charge is 2.18. The number of thioether (sulfide) groups is 1. The summed E-state index contributed by atoms with van der Waals surface area (Å²) in [6.07, 6.45) is 3.73. The van der Waals surface area contributed by atoms with Crippen LogP contribution in [0.25, 0.3) is 0 Å². The normalized spacial score (nSPS) is 10.7. The lowest BCUT2D eigenvalue weighted by Crippen LogP contribution is -2.27. The molecule has 0 fully saturated rings. The first-order chi connectivity index (χ1) is 14.7. The topological polar surface area (TPSA) is 61.8 Å². The molecule has 0 unspecified atom stereocenters.